The smallest absolute Gasteiger partial charge is 0.0940 e. The molecule has 3 fully saturated rings. The first-order valence-electron chi connectivity index (χ1n) is 8.83. The van der Waals surface area contributed by atoms with Gasteiger partial charge in [-0.15, -0.1) is 0 Å². The van der Waals surface area contributed by atoms with E-state index in [0.717, 1.165) is 71.3 Å². The Morgan fingerprint density at radius 3 is 2.62 bits per heavy atom. The molecule has 4 heteroatoms. The number of hydrogen-bond donors (Lipinski definition) is 2. The lowest BCUT2D eigenvalue weighted by atomic mass is 9.68. The summed E-state index contributed by atoms with van der Waals surface area (Å²) in [5, 5.41) is 14.8. The third-order valence-electron chi connectivity index (χ3n) is 5.85. The largest absolute Gasteiger partial charge is 0.390 e. The average molecular weight is 297 g/mol. The van der Waals surface area contributed by atoms with Crippen molar-refractivity contribution in [1.29, 1.82) is 0 Å². The molecule has 2 N–H and O–H groups in total. The second kappa shape index (κ2) is 6.53. The van der Waals surface area contributed by atoms with E-state index in [1.54, 1.807) is 0 Å². The first kappa shape index (κ1) is 15.7. The van der Waals surface area contributed by atoms with Crippen molar-refractivity contribution >= 4 is 0 Å². The molecule has 2 unspecified atom stereocenters. The molecule has 0 aromatic heterocycles. The highest BCUT2D eigenvalue weighted by atomic mass is 16.6. The molecule has 0 amide bonds. The molecule has 21 heavy (non-hydrogen) atoms. The Morgan fingerprint density at radius 2 is 1.95 bits per heavy atom. The minimum Gasteiger partial charge on any atom is -0.390 e. The van der Waals surface area contributed by atoms with Crippen LogP contribution >= 0.6 is 0 Å². The van der Waals surface area contributed by atoms with Crippen LogP contribution in [-0.4, -0.2) is 48.7 Å². The van der Waals surface area contributed by atoms with Gasteiger partial charge in [0, 0.05) is 25.7 Å². The summed E-state index contributed by atoms with van der Waals surface area (Å²) in [7, 11) is 0. The van der Waals surface area contributed by atoms with Crippen molar-refractivity contribution in [2.45, 2.75) is 75.5 Å². The SMILES string of the molecule is CCCNC1CCC(O)(C2CCOC3(CCOC3)C2)CC1. The van der Waals surface area contributed by atoms with E-state index in [1.165, 1.54) is 6.42 Å². The van der Waals surface area contributed by atoms with Crippen molar-refractivity contribution in [3.8, 4) is 0 Å². The molecule has 1 spiro atoms. The van der Waals surface area contributed by atoms with Gasteiger partial charge >= 0.3 is 0 Å². The number of nitrogens with one attached hydrogen (secondary N) is 1. The highest BCUT2D eigenvalue weighted by Gasteiger charge is 2.48. The standard InChI is InChI=1S/C17H31NO3/c1-2-9-18-15-3-6-17(19,7-4-15)14-5-10-21-16(12-14)8-11-20-13-16/h14-15,18-19H,2-13H2,1H3. The zero-order chi connectivity index (χ0) is 14.8. The summed E-state index contributed by atoms with van der Waals surface area (Å²) in [6, 6.07) is 0.605. The van der Waals surface area contributed by atoms with Crippen molar-refractivity contribution < 1.29 is 14.6 Å². The van der Waals surface area contributed by atoms with Gasteiger partial charge in [-0.3, -0.25) is 0 Å². The molecule has 3 rings (SSSR count). The van der Waals surface area contributed by atoms with Crippen LogP contribution in [0, 0.1) is 5.92 Å². The maximum atomic E-state index is 11.2. The minimum atomic E-state index is -0.468. The molecule has 1 aliphatic carbocycles. The maximum Gasteiger partial charge on any atom is 0.0940 e. The molecule has 0 aromatic carbocycles. The first-order valence-corrected chi connectivity index (χ1v) is 8.83. The van der Waals surface area contributed by atoms with E-state index >= 15 is 0 Å². The van der Waals surface area contributed by atoms with E-state index in [2.05, 4.69) is 12.2 Å². The number of hydrogen-bond acceptors (Lipinski definition) is 4. The van der Waals surface area contributed by atoms with Crippen LogP contribution in [0.15, 0.2) is 0 Å². The van der Waals surface area contributed by atoms with Gasteiger partial charge in [0.15, 0.2) is 0 Å². The molecule has 2 aliphatic heterocycles. The molecule has 0 aromatic rings. The lowest BCUT2D eigenvalue weighted by Gasteiger charge is -2.47. The summed E-state index contributed by atoms with van der Waals surface area (Å²) in [5.41, 5.74) is -0.556. The Balaban J connectivity index is 1.56. The summed E-state index contributed by atoms with van der Waals surface area (Å²) in [6.07, 6.45) is 8.27. The van der Waals surface area contributed by atoms with Crippen molar-refractivity contribution in [2.24, 2.45) is 5.92 Å². The van der Waals surface area contributed by atoms with Crippen molar-refractivity contribution in [2.75, 3.05) is 26.4 Å². The molecule has 2 saturated heterocycles. The number of rotatable bonds is 4. The fourth-order valence-corrected chi connectivity index (χ4v) is 4.43. The molecular formula is C17H31NO3. The van der Waals surface area contributed by atoms with E-state index in [-0.39, 0.29) is 5.60 Å². The van der Waals surface area contributed by atoms with Crippen molar-refractivity contribution in [3.05, 3.63) is 0 Å². The van der Waals surface area contributed by atoms with E-state index in [0.29, 0.717) is 12.0 Å². The summed E-state index contributed by atoms with van der Waals surface area (Å²) in [4.78, 5) is 0. The summed E-state index contributed by atoms with van der Waals surface area (Å²) < 4.78 is 11.6. The first-order chi connectivity index (χ1) is 10.2. The molecule has 122 valence electrons. The third-order valence-corrected chi connectivity index (χ3v) is 5.85. The Morgan fingerprint density at radius 1 is 1.14 bits per heavy atom. The molecular weight excluding hydrogens is 266 g/mol. The molecule has 1 saturated carbocycles. The van der Waals surface area contributed by atoms with E-state index in [9.17, 15) is 5.11 Å². The van der Waals surface area contributed by atoms with Gasteiger partial charge in [0.2, 0.25) is 0 Å². The predicted octanol–water partition coefficient (Wildman–Crippen LogP) is 2.25. The van der Waals surface area contributed by atoms with Crippen LogP contribution in [0.2, 0.25) is 0 Å². The second-order valence-electron chi connectivity index (χ2n) is 7.36. The molecule has 2 heterocycles. The Kier molecular flexibility index (Phi) is 4.89. The number of aliphatic hydroxyl groups is 1. The lowest BCUT2D eigenvalue weighted by Crippen LogP contribution is -2.52. The molecule has 2 atom stereocenters. The van der Waals surface area contributed by atoms with Crippen LogP contribution in [0.4, 0.5) is 0 Å². The second-order valence-corrected chi connectivity index (χ2v) is 7.36. The fraction of sp³-hybridized carbons (Fsp3) is 1.00. The lowest BCUT2D eigenvalue weighted by molar-refractivity contribution is -0.152. The van der Waals surface area contributed by atoms with Gasteiger partial charge in [-0.25, -0.2) is 0 Å². The van der Waals surface area contributed by atoms with E-state index in [4.69, 9.17) is 9.47 Å². The highest BCUT2D eigenvalue weighted by Crippen LogP contribution is 2.45. The van der Waals surface area contributed by atoms with Gasteiger partial charge in [-0.1, -0.05) is 6.92 Å². The van der Waals surface area contributed by atoms with Crippen LogP contribution in [-0.2, 0) is 9.47 Å². The van der Waals surface area contributed by atoms with Gasteiger partial charge in [0.05, 0.1) is 17.8 Å². The summed E-state index contributed by atoms with van der Waals surface area (Å²) in [6.45, 7) is 5.63. The van der Waals surface area contributed by atoms with Gasteiger partial charge < -0.3 is 19.9 Å². The van der Waals surface area contributed by atoms with Crippen LogP contribution in [0.1, 0.15) is 58.3 Å². The monoisotopic (exact) mass is 297 g/mol. The van der Waals surface area contributed by atoms with Crippen LogP contribution in [0.3, 0.4) is 0 Å². The molecule has 0 radical (unpaired) electrons. The number of ether oxygens (including phenoxy) is 2. The highest BCUT2D eigenvalue weighted by molar-refractivity contribution is 4.99. The zero-order valence-corrected chi connectivity index (χ0v) is 13.4. The van der Waals surface area contributed by atoms with Crippen LogP contribution < -0.4 is 5.32 Å². The quantitative estimate of drug-likeness (QED) is 0.835. The van der Waals surface area contributed by atoms with Crippen LogP contribution in [0.5, 0.6) is 0 Å². The maximum absolute atomic E-state index is 11.2. The van der Waals surface area contributed by atoms with Gasteiger partial charge in [0.1, 0.15) is 0 Å². The van der Waals surface area contributed by atoms with Gasteiger partial charge in [0.25, 0.3) is 0 Å². The fourth-order valence-electron chi connectivity index (χ4n) is 4.43. The molecule has 4 nitrogen and oxygen atoms in total. The van der Waals surface area contributed by atoms with E-state index < -0.39 is 5.60 Å². The Bertz CT molecular complexity index is 333. The third kappa shape index (κ3) is 3.44. The van der Waals surface area contributed by atoms with Gasteiger partial charge in [-0.05, 0) is 57.4 Å². The minimum absolute atomic E-state index is 0.0873. The summed E-state index contributed by atoms with van der Waals surface area (Å²) >= 11 is 0. The average Bonchev–Trinajstić information content (AvgIpc) is 2.95. The predicted molar refractivity (Wildman–Crippen MR) is 82.3 cm³/mol. The Labute approximate surface area is 128 Å². The van der Waals surface area contributed by atoms with Crippen molar-refractivity contribution in [1.82, 2.24) is 5.32 Å². The molecule has 0 bridgehead atoms. The van der Waals surface area contributed by atoms with E-state index in [1.807, 2.05) is 0 Å². The van der Waals surface area contributed by atoms with Gasteiger partial charge in [-0.2, -0.15) is 0 Å². The molecule has 3 aliphatic rings. The Hall–Kier alpha value is -0.160. The van der Waals surface area contributed by atoms with Crippen molar-refractivity contribution in [3.63, 3.8) is 0 Å². The van der Waals surface area contributed by atoms with Crippen LogP contribution in [0.25, 0.3) is 0 Å². The normalized spacial score (nSPS) is 44.3. The summed E-state index contributed by atoms with van der Waals surface area (Å²) in [5.74, 6) is 0.389. The topological polar surface area (TPSA) is 50.7 Å². The zero-order valence-electron chi connectivity index (χ0n) is 13.4.